The minimum atomic E-state index is -3.58. The van der Waals surface area contributed by atoms with Crippen LogP contribution in [-0.2, 0) is 14.8 Å². The molecule has 142 valence electrons. The molecular weight excluding hydrogens is 424 g/mol. The van der Waals surface area contributed by atoms with Crippen molar-refractivity contribution in [1.29, 1.82) is 0 Å². The summed E-state index contributed by atoms with van der Waals surface area (Å²) in [7, 11) is -3.58. The standard InChI is InChI=1S/C16H21BrN4O4S/c17-13-3-1-4-14(11-13)26(24,25)21-9-7-19(8-10-21)15(22)12-20-6-2-5-18-16(20)23/h1,3-4,11H,2,5-10,12H2,(H,18,23). The lowest BCUT2D eigenvalue weighted by atomic mass is 10.3. The molecule has 0 aromatic heterocycles. The molecule has 0 aliphatic carbocycles. The molecule has 0 radical (unpaired) electrons. The predicted octanol–water partition coefficient (Wildman–Crippen LogP) is 0.697. The van der Waals surface area contributed by atoms with E-state index in [4.69, 9.17) is 0 Å². The first-order valence-corrected chi connectivity index (χ1v) is 10.7. The Morgan fingerprint density at radius 2 is 1.88 bits per heavy atom. The number of piperazine rings is 1. The van der Waals surface area contributed by atoms with Crippen LogP contribution in [0.2, 0.25) is 0 Å². The van der Waals surface area contributed by atoms with Gasteiger partial charge in [-0.25, -0.2) is 13.2 Å². The molecule has 2 aliphatic heterocycles. The van der Waals surface area contributed by atoms with Crippen LogP contribution in [-0.4, -0.2) is 80.3 Å². The zero-order valence-electron chi connectivity index (χ0n) is 14.2. The molecular formula is C16H21BrN4O4S. The molecule has 2 saturated heterocycles. The zero-order valence-corrected chi connectivity index (χ0v) is 16.6. The van der Waals surface area contributed by atoms with E-state index < -0.39 is 10.0 Å². The van der Waals surface area contributed by atoms with Crippen LogP contribution >= 0.6 is 15.9 Å². The van der Waals surface area contributed by atoms with Crippen molar-refractivity contribution >= 4 is 37.9 Å². The number of rotatable bonds is 4. The highest BCUT2D eigenvalue weighted by molar-refractivity contribution is 9.10. The number of amides is 3. The number of hydrogen-bond donors (Lipinski definition) is 1. The smallest absolute Gasteiger partial charge is 0.317 e. The van der Waals surface area contributed by atoms with Gasteiger partial charge in [-0.15, -0.1) is 0 Å². The third-order valence-corrected chi connectivity index (χ3v) is 6.91. The molecule has 8 nitrogen and oxygen atoms in total. The van der Waals surface area contributed by atoms with E-state index in [1.807, 2.05) is 0 Å². The van der Waals surface area contributed by atoms with Crippen LogP contribution in [0.1, 0.15) is 6.42 Å². The molecule has 10 heteroatoms. The highest BCUT2D eigenvalue weighted by Gasteiger charge is 2.31. The third kappa shape index (κ3) is 4.18. The first kappa shape index (κ1) is 19.1. The van der Waals surface area contributed by atoms with Crippen molar-refractivity contribution < 1.29 is 18.0 Å². The lowest BCUT2D eigenvalue weighted by Gasteiger charge is -2.35. The molecule has 2 fully saturated rings. The first-order valence-electron chi connectivity index (χ1n) is 8.44. The maximum Gasteiger partial charge on any atom is 0.317 e. The number of benzene rings is 1. The lowest BCUT2D eigenvalue weighted by molar-refractivity contribution is -0.133. The summed E-state index contributed by atoms with van der Waals surface area (Å²) >= 11 is 3.29. The van der Waals surface area contributed by atoms with Crippen molar-refractivity contribution in [1.82, 2.24) is 19.4 Å². The van der Waals surface area contributed by atoms with Gasteiger partial charge in [0.25, 0.3) is 0 Å². The van der Waals surface area contributed by atoms with E-state index in [-0.39, 0.29) is 36.5 Å². The first-order chi connectivity index (χ1) is 12.4. The molecule has 0 spiro atoms. The highest BCUT2D eigenvalue weighted by atomic mass is 79.9. The molecule has 2 heterocycles. The summed E-state index contributed by atoms with van der Waals surface area (Å²) in [5.74, 6) is -0.151. The lowest BCUT2D eigenvalue weighted by Crippen LogP contribution is -2.55. The van der Waals surface area contributed by atoms with Gasteiger partial charge in [-0.2, -0.15) is 4.31 Å². The van der Waals surface area contributed by atoms with Crippen molar-refractivity contribution in [2.24, 2.45) is 0 Å². The molecule has 0 atom stereocenters. The quantitative estimate of drug-likeness (QED) is 0.739. The van der Waals surface area contributed by atoms with Crippen LogP contribution in [0, 0.1) is 0 Å². The van der Waals surface area contributed by atoms with E-state index in [2.05, 4.69) is 21.2 Å². The summed E-state index contributed by atoms with van der Waals surface area (Å²) in [4.78, 5) is 27.5. The van der Waals surface area contributed by atoms with E-state index in [1.165, 1.54) is 9.21 Å². The molecule has 3 rings (SSSR count). The van der Waals surface area contributed by atoms with Crippen molar-refractivity contribution in [3.05, 3.63) is 28.7 Å². The predicted molar refractivity (Wildman–Crippen MR) is 99.1 cm³/mol. The number of sulfonamides is 1. The minimum Gasteiger partial charge on any atom is -0.339 e. The SMILES string of the molecule is O=C(CN1CCCNC1=O)N1CCN(S(=O)(=O)c2cccc(Br)c2)CC1. The van der Waals surface area contributed by atoms with E-state index in [0.717, 1.165) is 6.42 Å². The highest BCUT2D eigenvalue weighted by Crippen LogP contribution is 2.21. The van der Waals surface area contributed by atoms with Crippen LogP contribution < -0.4 is 5.32 Å². The fraction of sp³-hybridized carbons (Fsp3) is 0.500. The molecule has 0 bridgehead atoms. The van der Waals surface area contributed by atoms with Crippen LogP contribution in [0.25, 0.3) is 0 Å². The maximum atomic E-state index is 12.7. The molecule has 0 unspecified atom stereocenters. The molecule has 0 saturated carbocycles. The number of urea groups is 1. The Balaban J connectivity index is 1.58. The van der Waals surface area contributed by atoms with Crippen molar-refractivity contribution in [2.75, 3.05) is 45.8 Å². The zero-order chi connectivity index (χ0) is 18.7. The Bertz CT molecular complexity index is 793. The normalized spacial score (nSPS) is 19.3. The van der Waals surface area contributed by atoms with Gasteiger partial charge in [0.05, 0.1) is 4.90 Å². The third-order valence-electron chi connectivity index (χ3n) is 4.52. The van der Waals surface area contributed by atoms with Gasteiger partial charge in [-0.3, -0.25) is 4.79 Å². The average molecular weight is 445 g/mol. The average Bonchev–Trinajstić information content (AvgIpc) is 2.63. The second kappa shape index (κ2) is 7.93. The van der Waals surface area contributed by atoms with Crippen LogP contribution in [0.15, 0.2) is 33.6 Å². The second-order valence-electron chi connectivity index (χ2n) is 6.25. The molecule has 26 heavy (non-hydrogen) atoms. The number of nitrogens with one attached hydrogen (secondary N) is 1. The summed E-state index contributed by atoms with van der Waals surface area (Å²) in [5, 5.41) is 2.71. The summed E-state index contributed by atoms with van der Waals surface area (Å²) in [6.07, 6.45) is 0.817. The Hall–Kier alpha value is -1.65. The number of carbonyl (C=O) groups is 2. The van der Waals surface area contributed by atoms with Gasteiger partial charge < -0.3 is 15.1 Å². The largest absolute Gasteiger partial charge is 0.339 e. The van der Waals surface area contributed by atoms with Crippen LogP contribution in [0.3, 0.4) is 0 Å². The molecule has 3 amide bonds. The fourth-order valence-electron chi connectivity index (χ4n) is 3.05. The van der Waals surface area contributed by atoms with Gasteiger partial charge in [0.15, 0.2) is 0 Å². The maximum absolute atomic E-state index is 12.7. The van der Waals surface area contributed by atoms with Gasteiger partial charge in [-0.1, -0.05) is 22.0 Å². The summed E-state index contributed by atoms with van der Waals surface area (Å²) in [6, 6.07) is 6.36. The van der Waals surface area contributed by atoms with Crippen LogP contribution in [0.4, 0.5) is 4.79 Å². The Kier molecular flexibility index (Phi) is 5.83. The Morgan fingerprint density at radius 1 is 1.15 bits per heavy atom. The fourth-order valence-corrected chi connectivity index (χ4v) is 5.07. The summed E-state index contributed by atoms with van der Waals surface area (Å²) < 4.78 is 27.5. The summed E-state index contributed by atoms with van der Waals surface area (Å²) in [6.45, 7) is 2.36. The second-order valence-corrected chi connectivity index (χ2v) is 9.10. The Labute approximate surface area is 161 Å². The van der Waals surface area contributed by atoms with Gasteiger partial charge >= 0.3 is 6.03 Å². The van der Waals surface area contributed by atoms with Crippen LogP contribution in [0.5, 0.6) is 0 Å². The molecule has 1 aromatic rings. The molecule has 2 aliphatic rings. The topological polar surface area (TPSA) is 90.0 Å². The number of nitrogens with zero attached hydrogens (tertiary/aromatic N) is 3. The van der Waals surface area contributed by atoms with Gasteiger partial charge in [0.2, 0.25) is 15.9 Å². The number of halogens is 1. The van der Waals surface area contributed by atoms with E-state index in [1.54, 1.807) is 29.2 Å². The van der Waals surface area contributed by atoms with Crippen molar-refractivity contribution in [3.8, 4) is 0 Å². The molecule has 1 N–H and O–H groups in total. The van der Waals surface area contributed by atoms with E-state index in [9.17, 15) is 18.0 Å². The number of hydrogen-bond acceptors (Lipinski definition) is 4. The Morgan fingerprint density at radius 3 is 2.54 bits per heavy atom. The number of carbonyl (C=O) groups excluding carboxylic acids is 2. The van der Waals surface area contributed by atoms with Gasteiger partial charge in [-0.05, 0) is 24.6 Å². The van der Waals surface area contributed by atoms with E-state index in [0.29, 0.717) is 30.7 Å². The van der Waals surface area contributed by atoms with Gasteiger partial charge in [0, 0.05) is 43.7 Å². The summed E-state index contributed by atoms with van der Waals surface area (Å²) in [5.41, 5.74) is 0. The van der Waals surface area contributed by atoms with E-state index >= 15 is 0 Å². The monoisotopic (exact) mass is 444 g/mol. The molecule has 1 aromatic carbocycles. The van der Waals surface area contributed by atoms with Crippen molar-refractivity contribution in [2.45, 2.75) is 11.3 Å². The van der Waals surface area contributed by atoms with Gasteiger partial charge in [0.1, 0.15) is 6.54 Å². The van der Waals surface area contributed by atoms with Crippen molar-refractivity contribution in [3.63, 3.8) is 0 Å². The minimum absolute atomic E-state index is 0.0320.